The number of benzene rings is 3. The summed E-state index contributed by atoms with van der Waals surface area (Å²) in [4.78, 5) is 24.0. The first-order valence-electron chi connectivity index (χ1n) is 9.69. The minimum Gasteiger partial charge on any atom is -0.466 e. The number of anilines is 1. The summed E-state index contributed by atoms with van der Waals surface area (Å²) >= 11 is 0. The second-order valence-corrected chi connectivity index (χ2v) is 6.74. The Morgan fingerprint density at radius 1 is 0.786 bits per heavy atom. The van der Waals surface area contributed by atoms with Gasteiger partial charge in [-0.3, -0.25) is 9.59 Å². The highest BCUT2D eigenvalue weighted by Crippen LogP contribution is 2.23. The van der Waals surface area contributed by atoms with E-state index in [0.29, 0.717) is 19.4 Å². The third-order valence-electron chi connectivity index (χ3n) is 4.56. The van der Waals surface area contributed by atoms with Crippen LogP contribution in [0.1, 0.15) is 31.2 Å². The maximum atomic E-state index is 12.2. The first-order chi connectivity index (χ1) is 13.7. The molecule has 0 saturated carbocycles. The van der Waals surface area contributed by atoms with E-state index in [1.807, 2.05) is 60.7 Å². The lowest BCUT2D eigenvalue weighted by molar-refractivity contribution is -0.143. The lowest BCUT2D eigenvalue weighted by atomic mass is 10.1. The highest BCUT2D eigenvalue weighted by atomic mass is 16.5. The Morgan fingerprint density at radius 2 is 1.54 bits per heavy atom. The van der Waals surface area contributed by atoms with Crippen LogP contribution in [-0.4, -0.2) is 18.5 Å². The highest BCUT2D eigenvalue weighted by molar-refractivity contribution is 6.02. The molecule has 4 nitrogen and oxygen atoms in total. The zero-order valence-corrected chi connectivity index (χ0v) is 15.9. The molecule has 1 amide bonds. The highest BCUT2D eigenvalue weighted by Gasteiger charge is 2.08. The molecule has 0 aliphatic rings. The van der Waals surface area contributed by atoms with Crippen molar-refractivity contribution in [1.29, 1.82) is 0 Å². The molecular weight excluding hydrogens is 350 g/mol. The van der Waals surface area contributed by atoms with Gasteiger partial charge in [0.2, 0.25) is 5.91 Å². The van der Waals surface area contributed by atoms with Crippen molar-refractivity contribution in [2.75, 3.05) is 11.9 Å². The van der Waals surface area contributed by atoms with E-state index in [9.17, 15) is 9.59 Å². The number of carbonyl (C=O) groups excluding carboxylic acids is 2. The van der Waals surface area contributed by atoms with Gasteiger partial charge in [0, 0.05) is 23.9 Å². The van der Waals surface area contributed by atoms with Crippen LogP contribution in [0.2, 0.25) is 0 Å². The topological polar surface area (TPSA) is 55.4 Å². The summed E-state index contributed by atoms with van der Waals surface area (Å²) in [5.74, 6) is -0.334. The fourth-order valence-corrected chi connectivity index (χ4v) is 3.12. The molecule has 0 heterocycles. The minimum atomic E-state index is -0.244. The Labute approximate surface area is 165 Å². The summed E-state index contributed by atoms with van der Waals surface area (Å²) in [6, 6.07) is 23.9. The van der Waals surface area contributed by atoms with Crippen LogP contribution < -0.4 is 5.32 Å². The minimum absolute atomic E-state index is 0.0896. The third kappa shape index (κ3) is 5.95. The largest absolute Gasteiger partial charge is 0.466 e. The average Bonchev–Trinajstić information content (AvgIpc) is 2.72. The molecule has 0 spiro atoms. The molecule has 0 atom stereocenters. The van der Waals surface area contributed by atoms with Crippen LogP contribution in [0.15, 0.2) is 72.8 Å². The summed E-state index contributed by atoms with van der Waals surface area (Å²) in [5, 5.41) is 5.03. The average molecular weight is 375 g/mol. The van der Waals surface area contributed by atoms with Crippen molar-refractivity contribution >= 4 is 28.3 Å². The van der Waals surface area contributed by atoms with Gasteiger partial charge in [-0.25, -0.2) is 0 Å². The van der Waals surface area contributed by atoms with Gasteiger partial charge in [-0.05, 0) is 36.3 Å². The molecular formula is C24H25NO3. The number of ether oxygens (including phenoxy) is 1. The number of hydrogen-bond donors (Lipinski definition) is 1. The second kappa shape index (κ2) is 10.3. The van der Waals surface area contributed by atoms with Gasteiger partial charge < -0.3 is 10.1 Å². The standard InChI is InChI=1S/C24H25NO3/c26-23(25-22-15-6-13-20-12-4-5-14-21(20)22)16-7-17-24(27)28-18-8-11-19-9-2-1-3-10-19/h1-6,9-10,12-15H,7-8,11,16-18H2,(H,25,26). The molecule has 3 aromatic rings. The van der Waals surface area contributed by atoms with E-state index in [2.05, 4.69) is 17.4 Å². The van der Waals surface area contributed by atoms with Crippen LogP contribution in [0, 0.1) is 0 Å². The zero-order chi connectivity index (χ0) is 19.6. The number of nitrogens with one attached hydrogen (secondary N) is 1. The third-order valence-corrected chi connectivity index (χ3v) is 4.56. The van der Waals surface area contributed by atoms with Crippen molar-refractivity contribution in [3.8, 4) is 0 Å². The molecule has 0 radical (unpaired) electrons. The zero-order valence-electron chi connectivity index (χ0n) is 15.9. The Kier molecular flexibility index (Phi) is 7.19. The van der Waals surface area contributed by atoms with E-state index in [4.69, 9.17) is 4.74 Å². The van der Waals surface area contributed by atoms with E-state index in [1.165, 1.54) is 5.56 Å². The van der Waals surface area contributed by atoms with Crippen molar-refractivity contribution in [2.45, 2.75) is 32.1 Å². The first-order valence-corrected chi connectivity index (χ1v) is 9.69. The van der Waals surface area contributed by atoms with Gasteiger partial charge in [0.05, 0.1) is 6.61 Å². The van der Waals surface area contributed by atoms with E-state index >= 15 is 0 Å². The normalized spacial score (nSPS) is 10.6. The quantitative estimate of drug-likeness (QED) is 0.417. The number of aryl methyl sites for hydroxylation is 1. The van der Waals surface area contributed by atoms with Crippen molar-refractivity contribution < 1.29 is 14.3 Å². The molecule has 28 heavy (non-hydrogen) atoms. The van der Waals surface area contributed by atoms with Gasteiger partial charge in [-0.2, -0.15) is 0 Å². The number of carbonyl (C=O) groups is 2. The van der Waals surface area contributed by atoms with Crippen LogP contribution in [0.25, 0.3) is 10.8 Å². The molecule has 0 aliphatic heterocycles. The van der Waals surface area contributed by atoms with Crippen molar-refractivity contribution in [3.63, 3.8) is 0 Å². The molecule has 1 N–H and O–H groups in total. The Balaban J connectivity index is 1.34. The molecule has 144 valence electrons. The number of esters is 1. The van der Waals surface area contributed by atoms with E-state index < -0.39 is 0 Å². The van der Waals surface area contributed by atoms with Gasteiger partial charge in [0.1, 0.15) is 0 Å². The molecule has 0 unspecified atom stereocenters. The predicted octanol–water partition coefficient (Wildman–Crippen LogP) is 5.12. The Hall–Kier alpha value is -3.14. The summed E-state index contributed by atoms with van der Waals surface area (Å²) < 4.78 is 5.25. The monoisotopic (exact) mass is 375 g/mol. The van der Waals surface area contributed by atoms with Crippen molar-refractivity contribution in [3.05, 3.63) is 78.4 Å². The molecule has 3 rings (SSSR count). The Bertz CT molecular complexity index is 916. The summed E-state index contributed by atoms with van der Waals surface area (Å²) in [6.45, 7) is 0.413. The molecule has 0 aromatic heterocycles. The maximum Gasteiger partial charge on any atom is 0.305 e. The fraction of sp³-hybridized carbons (Fsp3) is 0.250. The van der Waals surface area contributed by atoms with Crippen molar-refractivity contribution in [2.24, 2.45) is 0 Å². The van der Waals surface area contributed by atoms with Crippen LogP contribution in [-0.2, 0) is 20.7 Å². The summed E-state index contributed by atoms with van der Waals surface area (Å²) in [6.07, 6.45) is 2.73. The molecule has 0 aliphatic carbocycles. The van der Waals surface area contributed by atoms with Gasteiger partial charge in [-0.1, -0.05) is 66.7 Å². The SMILES string of the molecule is O=C(CCCC(=O)OCCCc1ccccc1)Nc1cccc2ccccc12. The van der Waals surface area contributed by atoms with Gasteiger partial charge in [0.25, 0.3) is 0 Å². The van der Waals surface area contributed by atoms with E-state index in [-0.39, 0.29) is 18.3 Å². The van der Waals surface area contributed by atoms with Crippen molar-refractivity contribution in [1.82, 2.24) is 0 Å². The molecule has 0 bridgehead atoms. The number of fused-ring (bicyclic) bond motifs is 1. The van der Waals surface area contributed by atoms with Gasteiger partial charge in [-0.15, -0.1) is 0 Å². The lowest BCUT2D eigenvalue weighted by Crippen LogP contribution is -2.13. The lowest BCUT2D eigenvalue weighted by Gasteiger charge is -2.09. The molecule has 3 aromatic carbocycles. The van der Waals surface area contributed by atoms with Crippen LogP contribution in [0.5, 0.6) is 0 Å². The fourth-order valence-electron chi connectivity index (χ4n) is 3.12. The smallest absolute Gasteiger partial charge is 0.305 e. The first kappa shape index (κ1) is 19.6. The molecule has 0 fully saturated rings. The van der Waals surface area contributed by atoms with Crippen LogP contribution in [0.3, 0.4) is 0 Å². The predicted molar refractivity (Wildman–Crippen MR) is 112 cm³/mol. The maximum absolute atomic E-state index is 12.2. The van der Waals surface area contributed by atoms with E-state index in [0.717, 1.165) is 29.3 Å². The number of hydrogen-bond acceptors (Lipinski definition) is 3. The molecule has 4 heteroatoms. The van der Waals surface area contributed by atoms with E-state index in [1.54, 1.807) is 0 Å². The van der Waals surface area contributed by atoms with Gasteiger partial charge in [0.15, 0.2) is 0 Å². The van der Waals surface area contributed by atoms with Gasteiger partial charge >= 0.3 is 5.97 Å². The number of rotatable bonds is 9. The summed E-state index contributed by atoms with van der Waals surface area (Å²) in [7, 11) is 0. The number of amides is 1. The van der Waals surface area contributed by atoms with Crippen LogP contribution >= 0.6 is 0 Å². The second-order valence-electron chi connectivity index (χ2n) is 6.74. The molecule has 0 saturated heterocycles. The Morgan fingerprint density at radius 3 is 2.39 bits per heavy atom. The summed E-state index contributed by atoms with van der Waals surface area (Å²) in [5.41, 5.74) is 2.04. The van der Waals surface area contributed by atoms with Crippen LogP contribution in [0.4, 0.5) is 5.69 Å².